The maximum atomic E-state index is 12.8. The summed E-state index contributed by atoms with van der Waals surface area (Å²) in [6.45, 7) is 4.11. The molecule has 1 amide bonds. The van der Waals surface area contributed by atoms with E-state index >= 15 is 0 Å². The van der Waals surface area contributed by atoms with E-state index in [1.54, 1.807) is 23.1 Å². The van der Waals surface area contributed by atoms with E-state index in [4.69, 9.17) is 0 Å². The summed E-state index contributed by atoms with van der Waals surface area (Å²) in [6.07, 6.45) is 1.81. The van der Waals surface area contributed by atoms with Crippen LogP contribution in [0.3, 0.4) is 0 Å². The van der Waals surface area contributed by atoms with Gasteiger partial charge in [0.15, 0.2) is 11.0 Å². The van der Waals surface area contributed by atoms with Gasteiger partial charge in [0.05, 0.1) is 16.3 Å². The Balaban J connectivity index is 1.24. The first-order chi connectivity index (χ1) is 18.1. The number of carbonyl (C=O) groups excluding carboxylic acids is 1. The molecule has 0 saturated heterocycles. The predicted molar refractivity (Wildman–Crippen MR) is 153 cm³/mol. The van der Waals surface area contributed by atoms with Crippen LogP contribution in [-0.4, -0.2) is 31.7 Å². The van der Waals surface area contributed by atoms with Crippen molar-refractivity contribution in [2.45, 2.75) is 43.6 Å². The number of hydrogen-bond acceptors (Lipinski definition) is 7. The number of nitrogens with one attached hydrogen (secondary N) is 1. The summed E-state index contributed by atoms with van der Waals surface area (Å²) in [4.78, 5) is 18.4. The molecule has 0 spiro atoms. The highest BCUT2D eigenvalue weighted by molar-refractivity contribution is 7.98. The number of rotatable bonds is 10. The van der Waals surface area contributed by atoms with Crippen LogP contribution in [0.15, 0.2) is 82.6 Å². The van der Waals surface area contributed by atoms with Gasteiger partial charge in [0.2, 0.25) is 0 Å². The molecule has 0 aliphatic heterocycles. The minimum absolute atomic E-state index is 0.0655. The van der Waals surface area contributed by atoms with E-state index in [9.17, 15) is 4.79 Å². The van der Waals surface area contributed by atoms with E-state index in [1.807, 2.05) is 48.0 Å². The fourth-order valence-electron chi connectivity index (χ4n) is 3.93. The highest BCUT2D eigenvalue weighted by atomic mass is 32.2. The molecule has 1 unspecified atom stereocenters. The van der Waals surface area contributed by atoms with Gasteiger partial charge in [0.25, 0.3) is 5.91 Å². The van der Waals surface area contributed by atoms with Crippen molar-refractivity contribution in [1.29, 1.82) is 0 Å². The van der Waals surface area contributed by atoms with Crippen molar-refractivity contribution in [2.24, 2.45) is 0 Å². The lowest BCUT2D eigenvalue weighted by Gasteiger charge is -2.12. The number of nitrogens with zero attached hydrogens (tertiary/aromatic N) is 4. The SMILES string of the molecule is Cc1cccc(-n2c(SCc3nc(C(=O)NC(C)CCc4ccccc4)cs3)nnc2-c2cccs2)c1. The predicted octanol–water partition coefficient (Wildman–Crippen LogP) is 6.80. The number of aryl methyl sites for hydroxylation is 2. The maximum Gasteiger partial charge on any atom is 0.270 e. The van der Waals surface area contributed by atoms with Gasteiger partial charge < -0.3 is 5.32 Å². The van der Waals surface area contributed by atoms with E-state index < -0.39 is 0 Å². The zero-order valence-corrected chi connectivity index (χ0v) is 23.1. The van der Waals surface area contributed by atoms with Crippen LogP contribution < -0.4 is 5.32 Å². The van der Waals surface area contributed by atoms with Crippen LogP contribution in [0.1, 0.15) is 40.0 Å². The first kappa shape index (κ1) is 25.4. The average molecular weight is 546 g/mol. The van der Waals surface area contributed by atoms with Gasteiger partial charge in [-0.25, -0.2) is 4.98 Å². The lowest BCUT2D eigenvalue weighted by atomic mass is 10.1. The first-order valence-corrected chi connectivity index (χ1v) is 14.8. The van der Waals surface area contributed by atoms with Gasteiger partial charge >= 0.3 is 0 Å². The van der Waals surface area contributed by atoms with Crippen LogP contribution in [0.5, 0.6) is 0 Å². The third-order valence-corrected chi connectivity index (χ3v) is 8.67. The van der Waals surface area contributed by atoms with Gasteiger partial charge in [0, 0.05) is 11.4 Å². The van der Waals surface area contributed by atoms with E-state index in [1.165, 1.54) is 22.5 Å². The largest absolute Gasteiger partial charge is 0.348 e. The minimum Gasteiger partial charge on any atom is -0.348 e. The Morgan fingerprint density at radius 3 is 2.70 bits per heavy atom. The number of thioether (sulfide) groups is 1. The van der Waals surface area contributed by atoms with Crippen LogP contribution in [0.4, 0.5) is 0 Å². The molecule has 0 aliphatic rings. The second kappa shape index (κ2) is 11.9. The molecule has 1 atom stereocenters. The zero-order chi connectivity index (χ0) is 25.6. The average Bonchev–Trinajstić information content (AvgIpc) is 3.67. The highest BCUT2D eigenvalue weighted by Gasteiger charge is 2.19. The van der Waals surface area contributed by atoms with Crippen molar-refractivity contribution in [1.82, 2.24) is 25.1 Å². The molecule has 5 aromatic rings. The lowest BCUT2D eigenvalue weighted by Crippen LogP contribution is -2.33. The second-order valence-electron chi connectivity index (χ2n) is 8.77. The Labute approximate surface area is 228 Å². The van der Waals surface area contributed by atoms with Gasteiger partial charge in [-0.15, -0.1) is 32.9 Å². The summed E-state index contributed by atoms with van der Waals surface area (Å²) in [5.41, 5.74) is 3.94. The molecule has 6 nitrogen and oxygen atoms in total. The molecule has 9 heteroatoms. The fraction of sp³-hybridized carbons (Fsp3) is 0.214. The van der Waals surface area contributed by atoms with E-state index in [0.29, 0.717) is 11.4 Å². The standard InChI is InChI=1S/C28H27N5OS3/c1-19-8-6-11-22(16-19)33-26(24-12-7-15-35-24)31-32-28(33)37-18-25-30-23(17-36-25)27(34)29-20(2)13-14-21-9-4-3-5-10-21/h3-12,15-17,20H,13-14,18H2,1-2H3,(H,29,34). The quantitative estimate of drug-likeness (QED) is 0.195. The summed E-state index contributed by atoms with van der Waals surface area (Å²) < 4.78 is 2.10. The number of thiophene rings is 1. The van der Waals surface area contributed by atoms with Crippen LogP contribution in [0, 0.1) is 6.92 Å². The van der Waals surface area contributed by atoms with Crippen LogP contribution in [-0.2, 0) is 12.2 Å². The maximum absolute atomic E-state index is 12.8. The number of hydrogen-bond donors (Lipinski definition) is 1. The number of carbonyl (C=O) groups is 1. The van der Waals surface area contributed by atoms with Crippen LogP contribution in [0.25, 0.3) is 16.4 Å². The van der Waals surface area contributed by atoms with Gasteiger partial charge in [-0.2, -0.15) is 0 Å². The molecule has 0 saturated carbocycles. The summed E-state index contributed by atoms with van der Waals surface area (Å²) in [7, 11) is 0. The monoisotopic (exact) mass is 545 g/mol. The number of amides is 1. The molecule has 1 N–H and O–H groups in total. The van der Waals surface area contributed by atoms with Gasteiger partial charge in [-0.05, 0) is 61.4 Å². The van der Waals surface area contributed by atoms with E-state index in [-0.39, 0.29) is 11.9 Å². The summed E-state index contributed by atoms with van der Waals surface area (Å²) in [6, 6.07) is 22.8. The summed E-state index contributed by atoms with van der Waals surface area (Å²) in [5, 5.41) is 17.6. The smallest absolute Gasteiger partial charge is 0.270 e. The molecular weight excluding hydrogens is 519 g/mol. The molecule has 3 aromatic heterocycles. The third-order valence-electron chi connectivity index (χ3n) is 5.83. The minimum atomic E-state index is -0.129. The summed E-state index contributed by atoms with van der Waals surface area (Å²) >= 11 is 4.71. The Kier molecular flexibility index (Phi) is 8.13. The topological polar surface area (TPSA) is 72.7 Å². The fourth-order valence-corrected chi connectivity index (χ4v) is 6.38. The van der Waals surface area contributed by atoms with Crippen LogP contribution >= 0.6 is 34.4 Å². The van der Waals surface area contributed by atoms with E-state index in [2.05, 4.69) is 68.4 Å². The summed E-state index contributed by atoms with van der Waals surface area (Å²) in [5.74, 6) is 1.30. The highest BCUT2D eigenvalue weighted by Crippen LogP contribution is 2.32. The molecular formula is C28H27N5OS3. The number of benzene rings is 2. The van der Waals surface area contributed by atoms with E-state index in [0.717, 1.165) is 39.4 Å². The molecule has 188 valence electrons. The Bertz CT molecular complexity index is 1460. The molecule has 0 bridgehead atoms. The number of thiazole rings is 1. The van der Waals surface area contributed by atoms with Crippen molar-refractivity contribution in [3.63, 3.8) is 0 Å². The van der Waals surface area contributed by atoms with Gasteiger partial charge in [-0.3, -0.25) is 9.36 Å². The van der Waals surface area contributed by atoms with Gasteiger partial charge in [-0.1, -0.05) is 60.3 Å². The van der Waals surface area contributed by atoms with Gasteiger partial charge in [0.1, 0.15) is 10.7 Å². The Morgan fingerprint density at radius 2 is 1.92 bits per heavy atom. The molecule has 2 aromatic carbocycles. The lowest BCUT2D eigenvalue weighted by molar-refractivity contribution is 0.0934. The molecule has 3 heterocycles. The van der Waals surface area contributed by atoms with Crippen molar-refractivity contribution in [2.75, 3.05) is 0 Å². The zero-order valence-electron chi connectivity index (χ0n) is 20.6. The van der Waals surface area contributed by atoms with Crippen LogP contribution in [0.2, 0.25) is 0 Å². The molecule has 37 heavy (non-hydrogen) atoms. The normalized spacial score (nSPS) is 11.9. The van der Waals surface area contributed by atoms with Crippen molar-refractivity contribution < 1.29 is 4.79 Å². The third kappa shape index (κ3) is 6.36. The molecule has 0 aliphatic carbocycles. The first-order valence-electron chi connectivity index (χ1n) is 12.0. The van der Waals surface area contributed by atoms with Crippen molar-refractivity contribution in [3.8, 4) is 16.4 Å². The molecule has 0 fully saturated rings. The Morgan fingerprint density at radius 1 is 1.05 bits per heavy atom. The molecule has 5 rings (SSSR count). The second-order valence-corrected chi connectivity index (χ2v) is 11.6. The number of aromatic nitrogens is 4. The Hall–Kier alpha value is -3.27. The molecule has 0 radical (unpaired) electrons. The van der Waals surface area contributed by atoms with Crippen molar-refractivity contribution in [3.05, 3.63) is 99.3 Å². The van der Waals surface area contributed by atoms with Crippen molar-refractivity contribution >= 4 is 40.3 Å².